The molecule has 160 valence electrons. The number of rotatable bonds is 14. The molecule has 0 radical (unpaired) electrons. The molecule has 0 aromatic rings. The third kappa shape index (κ3) is 12.7. The van der Waals surface area contributed by atoms with Gasteiger partial charge in [0.2, 0.25) is 0 Å². The maximum Gasteiger partial charge on any atom is 0.326 e. The van der Waals surface area contributed by atoms with Crippen molar-refractivity contribution in [1.82, 2.24) is 21.3 Å². The van der Waals surface area contributed by atoms with Gasteiger partial charge in [-0.1, -0.05) is 6.92 Å². The predicted molar refractivity (Wildman–Crippen MR) is 104 cm³/mol. The fraction of sp³-hybridized carbons (Fsp3) is 0.688. The van der Waals surface area contributed by atoms with Crippen LogP contribution in [0.4, 0.5) is 4.79 Å². The van der Waals surface area contributed by atoms with Crippen molar-refractivity contribution in [3.05, 3.63) is 0 Å². The first-order valence-corrected chi connectivity index (χ1v) is 9.34. The van der Waals surface area contributed by atoms with E-state index in [9.17, 15) is 24.3 Å². The highest BCUT2D eigenvalue weighted by Gasteiger charge is 2.24. The van der Waals surface area contributed by atoms with E-state index >= 15 is 0 Å². The lowest BCUT2D eigenvalue weighted by molar-refractivity contribution is -0.140. The molecule has 2 atom stereocenters. The van der Waals surface area contributed by atoms with E-state index in [1.807, 2.05) is 6.92 Å². The Morgan fingerprint density at radius 3 is 1.89 bits per heavy atom. The highest BCUT2D eigenvalue weighted by atomic mass is 32.1. The third-order valence-electron chi connectivity index (χ3n) is 3.59. The fourth-order valence-electron chi connectivity index (χ4n) is 2.12. The van der Waals surface area contributed by atoms with Crippen molar-refractivity contribution in [2.45, 2.75) is 57.5 Å². The van der Waals surface area contributed by atoms with Gasteiger partial charge in [0.25, 0.3) is 0 Å². The summed E-state index contributed by atoms with van der Waals surface area (Å²) in [6.45, 7) is 3.32. The Balaban J connectivity index is 4.32. The van der Waals surface area contributed by atoms with Gasteiger partial charge in [-0.15, -0.1) is 0 Å². The van der Waals surface area contributed by atoms with Gasteiger partial charge in [-0.2, -0.15) is 0 Å². The topological polar surface area (TPSA) is 177 Å². The predicted octanol–water partition coefficient (Wildman–Crippen LogP) is 0.101. The van der Waals surface area contributed by atoms with Crippen molar-refractivity contribution < 1.29 is 34.5 Å². The lowest BCUT2D eigenvalue weighted by Gasteiger charge is -2.18. The van der Waals surface area contributed by atoms with Crippen molar-refractivity contribution in [1.29, 1.82) is 0 Å². The van der Waals surface area contributed by atoms with Crippen LogP contribution in [0, 0.1) is 0 Å². The van der Waals surface area contributed by atoms with E-state index in [-0.39, 0.29) is 12.8 Å². The molecule has 0 aliphatic carbocycles. The number of carbonyl (C=O) groups is 4. The first kappa shape index (κ1) is 25.4. The van der Waals surface area contributed by atoms with Crippen LogP contribution < -0.4 is 21.3 Å². The molecular formula is C16H28N4O7S. The number of amides is 2. The fourth-order valence-corrected chi connectivity index (χ4v) is 2.32. The van der Waals surface area contributed by atoms with Crippen LogP contribution in [0.3, 0.4) is 0 Å². The summed E-state index contributed by atoms with van der Waals surface area (Å²) in [6.07, 6.45) is 1.44. The minimum Gasteiger partial charge on any atom is -0.481 e. The molecule has 0 fully saturated rings. The van der Waals surface area contributed by atoms with E-state index in [2.05, 4.69) is 21.3 Å². The molecule has 28 heavy (non-hydrogen) atoms. The van der Waals surface area contributed by atoms with Crippen LogP contribution in [-0.4, -0.2) is 69.5 Å². The molecule has 0 aliphatic heterocycles. The molecule has 0 saturated heterocycles. The lowest BCUT2D eigenvalue weighted by Crippen LogP contribution is -2.51. The lowest BCUT2D eigenvalue weighted by atomic mass is 10.1. The monoisotopic (exact) mass is 420 g/mol. The minimum atomic E-state index is -1.42. The van der Waals surface area contributed by atoms with E-state index in [0.29, 0.717) is 24.5 Å². The van der Waals surface area contributed by atoms with Crippen LogP contribution in [0.25, 0.3) is 0 Å². The van der Waals surface area contributed by atoms with Gasteiger partial charge >= 0.3 is 23.9 Å². The van der Waals surface area contributed by atoms with Crippen LogP contribution in [0.5, 0.6) is 0 Å². The number of urea groups is 1. The summed E-state index contributed by atoms with van der Waals surface area (Å²) in [5.74, 6) is -3.85. The van der Waals surface area contributed by atoms with Gasteiger partial charge in [0.15, 0.2) is 5.11 Å². The van der Waals surface area contributed by atoms with Crippen molar-refractivity contribution in [2.75, 3.05) is 13.1 Å². The molecule has 0 aromatic heterocycles. The number of carbonyl (C=O) groups excluding carboxylic acids is 1. The quantitative estimate of drug-likeness (QED) is 0.151. The molecule has 0 saturated carbocycles. The van der Waals surface area contributed by atoms with Crippen LogP contribution in [-0.2, 0) is 14.4 Å². The maximum absolute atomic E-state index is 11.9. The highest BCUT2D eigenvalue weighted by Crippen LogP contribution is 2.02. The molecule has 11 nitrogen and oxygen atoms in total. The van der Waals surface area contributed by atoms with Crippen LogP contribution >= 0.6 is 12.2 Å². The molecule has 0 bridgehead atoms. The first-order valence-electron chi connectivity index (χ1n) is 8.93. The second-order valence-electron chi connectivity index (χ2n) is 6.01. The average Bonchev–Trinajstić information content (AvgIpc) is 2.61. The molecule has 0 heterocycles. The number of carboxylic acid groups (broad SMARTS) is 3. The van der Waals surface area contributed by atoms with E-state index < -0.39 is 42.4 Å². The molecule has 1 unspecified atom stereocenters. The van der Waals surface area contributed by atoms with Crippen molar-refractivity contribution in [3.8, 4) is 0 Å². The van der Waals surface area contributed by atoms with Gasteiger partial charge in [-0.3, -0.25) is 4.79 Å². The van der Waals surface area contributed by atoms with Crippen LogP contribution in [0.2, 0.25) is 0 Å². The molecule has 0 aromatic carbocycles. The number of thiocarbonyl (C=S) groups is 1. The largest absolute Gasteiger partial charge is 0.481 e. The summed E-state index contributed by atoms with van der Waals surface area (Å²) in [7, 11) is 0. The number of hydrogen-bond donors (Lipinski definition) is 7. The van der Waals surface area contributed by atoms with E-state index in [1.54, 1.807) is 0 Å². The van der Waals surface area contributed by atoms with E-state index in [0.717, 1.165) is 13.0 Å². The zero-order valence-electron chi connectivity index (χ0n) is 15.7. The summed E-state index contributed by atoms with van der Waals surface area (Å²) in [5.41, 5.74) is 0. The Bertz CT molecular complexity index is 559. The Labute approximate surface area is 168 Å². The normalized spacial score (nSPS) is 12.3. The zero-order chi connectivity index (χ0) is 21.5. The molecule has 0 spiro atoms. The number of unbranched alkanes of at least 4 members (excludes halogenated alkanes) is 1. The Morgan fingerprint density at radius 1 is 0.857 bits per heavy atom. The average molecular weight is 420 g/mol. The van der Waals surface area contributed by atoms with E-state index in [4.69, 9.17) is 22.4 Å². The van der Waals surface area contributed by atoms with Gasteiger partial charge in [0.05, 0.1) is 0 Å². The Kier molecular flexibility index (Phi) is 13.1. The van der Waals surface area contributed by atoms with Gasteiger partial charge in [-0.25, -0.2) is 14.4 Å². The van der Waals surface area contributed by atoms with Crippen molar-refractivity contribution >= 4 is 41.3 Å². The summed E-state index contributed by atoms with van der Waals surface area (Å²) in [4.78, 5) is 44.7. The van der Waals surface area contributed by atoms with Crippen molar-refractivity contribution in [2.24, 2.45) is 0 Å². The Hall–Kier alpha value is -2.63. The van der Waals surface area contributed by atoms with Crippen LogP contribution in [0.15, 0.2) is 0 Å². The first-order chi connectivity index (χ1) is 13.2. The maximum atomic E-state index is 11.9. The number of aliphatic carboxylic acids is 3. The van der Waals surface area contributed by atoms with Crippen molar-refractivity contribution in [3.63, 3.8) is 0 Å². The van der Waals surface area contributed by atoms with E-state index in [1.165, 1.54) is 0 Å². The smallest absolute Gasteiger partial charge is 0.326 e. The van der Waals surface area contributed by atoms with Gasteiger partial charge in [-0.05, 0) is 44.3 Å². The molecule has 0 rings (SSSR count). The molecular weight excluding hydrogens is 392 g/mol. The molecule has 12 heteroatoms. The second-order valence-corrected chi connectivity index (χ2v) is 6.42. The molecule has 0 aliphatic rings. The minimum absolute atomic E-state index is 0.145. The highest BCUT2D eigenvalue weighted by molar-refractivity contribution is 7.80. The summed E-state index contributed by atoms with van der Waals surface area (Å²) >= 11 is 5.05. The van der Waals surface area contributed by atoms with Crippen LogP contribution in [0.1, 0.15) is 45.4 Å². The summed E-state index contributed by atoms with van der Waals surface area (Å²) in [5, 5.41) is 37.6. The zero-order valence-corrected chi connectivity index (χ0v) is 16.5. The second kappa shape index (κ2) is 14.4. The third-order valence-corrected chi connectivity index (χ3v) is 3.88. The molecule has 7 N–H and O–H groups in total. The summed E-state index contributed by atoms with van der Waals surface area (Å²) in [6, 6.07) is -3.60. The van der Waals surface area contributed by atoms with Gasteiger partial charge in [0.1, 0.15) is 12.1 Å². The van der Waals surface area contributed by atoms with Gasteiger partial charge in [0, 0.05) is 19.5 Å². The summed E-state index contributed by atoms with van der Waals surface area (Å²) < 4.78 is 0. The Morgan fingerprint density at radius 2 is 1.39 bits per heavy atom. The SMILES string of the molecule is CCCNC(=S)NCCCC[C@H](NC(=O)NC(CCC(=O)O)C(=O)O)C(=O)O. The number of carboxylic acids is 3. The standard InChI is InChI=1S/C16H28N4O7S/c1-2-8-17-16(28)18-9-4-3-5-10(13(23)24)19-15(27)20-11(14(25)26)6-7-12(21)22/h10-11H,2-9H2,1H3,(H,21,22)(H,23,24)(H,25,26)(H2,17,18,28)(H2,19,20,27)/t10-,11?/m0/s1. The van der Waals surface area contributed by atoms with Gasteiger partial charge < -0.3 is 36.6 Å². The number of nitrogens with one attached hydrogen (secondary N) is 4. The molecule has 2 amide bonds. The number of hydrogen-bond acceptors (Lipinski definition) is 5.